The highest BCUT2D eigenvalue weighted by Crippen LogP contribution is 2.39. The van der Waals surface area contributed by atoms with E-state index in [4.69, 9.17) is 0 Å². The summed E-state index contributed by atoms with van der Waals surface area (Å²) in [5, 5.41) is 15.2. The number of esters is 1. The summed E-state index contributed by atoms with van der Waals surface area (Å²) in [4.78, 5) is 11.9. The second-order valence-corrected chi connectivity index (χ2v) is 5.38. The van der Waals surface area contributed by atoms with Gasteiger partial charge in [0.2, 0.25) is 0 Å². The van der Waals surface area contributed by atoms with Crippen LogP contribution >= 0.6 is 11.8 Å². The zero-order valence-corrected chi connectivity index (χ0v) is 12.3. The van der Waals surface area contributed by atoms with Crippen LogP contribution in [0.4, 0.5) is 5.69 Å². The Morgan fingerprint density at radius 3 is 2.70 bits per heavy atom. The van der Waals surface area contributed by atoms with Crippen LogP contribution in [0, 0.1) is 0 Å². The number of phenolic OH excluding ortho intramolecular Hbond substituents is 1. The summed E-state index contributed by atoms with van der Waals surface area (Å²) in [7, 11) is 3.22. The Balaban J connectivity index is 2.29. The van der Waals surface area contributed by atoms with E-state index in [1.165, 1.54) is 18.9 Å². The van der Waals surface area contributed by atoms with Crippen molar-refractivity contribution in [3.63, 3.8) is 0 Å². The molecule has 0 aromatic heterocycles. The van der Waals surface area contributed by atoms with Gasteiger partial charge in [-0.25, -0.2) is 0 Å². The predicted molar refractivity (Wildman–Crippen MR) is 82.5 cm³/mol. The lowest BCUT2D eigenvalue weighted by Gasteiger charge is -2.12. The summed E-state index contributed by atoms with van der Waals surface area (Å²) < 4.78 is 4.61. The van der Waals surface area contributed by atoms with E-state index < -0.39 is 0 Å². The van der Waals surface area contributed by atoms with Crippen molar-refractivity contribution in [2.75, 3.05) is 25.2 Å². The number of anilines is 1. The zero-order valence-electron chi connectivity index (χ0n) is 11.5. The van der Waals surface area contributed by atoms with Crippen LogP contribution in [0.3, 0.4) is 0 Å². The van der Waals surface area contributed by atoms with Gasteiger partial charge in [-0.1, -0.05) is 24.3 Å². The quantitative estimate of drug-likeness (QED) is 0.503. The molecule has 0 amide bonds. The molecule has 0 aliphatic carbocycles. The van der Waals surface area contributed by atoms with Gasteiger partial charge in [-0.2, -0.15) is 0 Å². The van der Waals surface area contributed by atoms with Crippen molar-refractivity contribution in [1.82, 2.24) is 0 Å². The van der Waals surface area contributed by atoms with Crippen LogP contribution in [0.15, 0.2) is 35.2 Å². The van der Waals surface area contributed by atoms with Gasteiger partial charge < -0.3 is 15.2 Å². The molecule has 0 atom stereocenters. The number of ether oxygens (including phenoxy) is 1. The number of thioether (sulfide) groups is 1. The van der Waals surface area contributed by atoms with Crippen molar-refractivity contribution in [1.29, 1.82) is 0 Å². The molecule has 0 saturated heterocycles. The molecular weight excluding hydrogens is 274 g/mol. The fourth-order valence-corrected chi connectivity index (χ4v) is 2.93. The van der Waals surface area contributed by atoms with E-state index in [1.807, 2.05) is 37.4 Å². The number of aromatic hydroxyl groups is 1. The lowest BCUT2D eigenvalue weighted by Crippen LogP contribution is -2.01. The van der Waals surface area contributed by atoms with Gasteiger partial charge in [0.05, 0.1) is 18.4 Å². The monoisotopic (exact) mass is 291 g/mol. The molecule has 0 unspecified atom stereocenters. The smallest absolute Gasteiger partial charge is 0.306 e. The topological polar surface area (TPSA) is 58.6 Å². The van der Waals surface area contributed by atoms with Crippen molar-refractivity contribution in [2.45, 2.75) is 11.3 Å². The Morgan fingerprint density at radius 2 is 2.05 bits per heavy atom. The molecule has 2 N–H and O–H groups in total. The van der Waals surface area contributed by atoms with Crippen LogP contribution in [0.5, 0.6) is 5.75 Å². The summed E-state index contributed by atoms with van der Waals surface area (Å²) in [6, 6.07) is 9.58. The maximum absolute atomic E-state index is 11.1. The van der Waals surface area contributed by atoms with Crippen LogP contribution in [0.25, 0.3) is 10.8 Å². The minimum atomic E-state index is -0.244. The van der Waals surface area contributed by atoms with Gasteiger partial charge in [0, 0.05) is 29.3 Å². The number of carbonyl (C=O) groups excluding carboxylic acids is 1. The highest BCUT2D eigenvalue weighted by Gasteiger charge is 2.11. The van der Waals surface area contributed by atoms with E-state index in [9.17, 15) is 9.90 Å². The minimum Gasteiger partial charge on any atom is -0.506 e. The number of benzene rings is 2. The molecule has 2 aromatic rings. The normalized spacial score (nSPS) is 10.5. The Kier molecular flexibility index (Phi) is 4.74. The summed E-state index contributed by atoms with van der Waals surface area (Å²) >= 11 is 1.44. The van der Waals surface area contributed by atoms with Crippen molar-refractivity contribution in [3.05, 3.63) is 30.3 Å². The van der Waals surface area contributed by atoms with E-state index in [0.717, 1.165) is 21.4 Å². The van der Waals surface area contributed by atoms with Crippen LogP contribution < -0.4 is 5.32 Å². The van der Waals surface area contributed by atoms with Crippen molar-refractivity contribution in [2.24, 2.45) is 0 Å². The van der Waals surface area contributed by atoms with Gasteiger partial charge in [-0.15, -0.1) is 11.8 Å². The molecule has 0 aliphatic heterocycles. The number of hydrogen-bond acceptors (Lipinski definition) is 5. The van der Waals surface area contributed by atoms with Crippen LogP contribution in [0.2, 0.25) is 0 Å². The molecular formula is C15H17NO3S. The molecule has 106 valence electrons. The minimum absolute atomic E-state index is 0.244. The summed E-state index contributed by atoms with van der Waals surface area (Å²) in [5.41, 5.74) is 0.957. The third-order valence-corrected chi connectivity index (χ3v) is 4.07. The lowest BCUT2D eigenvalue weighted by atomic mass is 10.1. The fourth-order valence-electron chi connectivity index (χ4n) is 2.00. The number of carbonyl (C=O) groups is 1. The maximum atomic E-state index is 11.1. The zero-order chi connectivity index (χ0) is 14.5. The number of methoxy groups -OCH3 is 1. The molecule has 0 spiro atoms. The highest BCUT2D eigenvalue weighted by molar-refractivity contribution is 7.99. The third kappa shape index (κ3) is 2.99. The van der Waals surface area contributed by atoms with E-state index in [2.05, 4.69) is 10.1 Å². The van der Waals surface area contributed by atoms with Crippen molar-refractivity contribution < 1.29 is 14.6 Å². The number of phenols is 1. The number of fused-ring (bicyclic) bond motifs is 1. The molecule has 0 fully saturated rings. The fraction of sp³-hybridized carbons (Fsp3) is 0.267. The molecule has 0 radical (unpaired) electrons. The Labute approximate surface area is 122 Å². The average molecular weight is 291 g/mol. The molecule has 4 nitrogen and oxygen atoms in total. The van der Waals surface area contributed by atoms with Crippen molar-refractivity contribution in [3.8, 4) is 5.75 Å². The van der Waals surface area contributed by atoms with Gasteiger partial charge in [0.1, 0.15) is 5.75 Å². The molecule has 0 heterocycles. The van der Waals surface area contributed by atoms with Crippen LogP contribution in [-0.2, 0) is 9.53 Å². The molecule has 2 rings (SSSR count). The molecule has 0 saturated carbocycles. The van der Waals surface area contributed by atoms with Crippen molar-refractivity contribution >= 4 is 34.2 Å². The SMILES string of the molecule is CNc1cc(SCCC(=O)OC)c(O)c2ccccc12. The Morgan fingerprint density at radius 1 is 1.35 bits per heavy atom. The summed E-state index contributed by atoms with van der Waals surface area (Å²) in [5.74, 6) is 0.586. The molecule has 0 bridgehead atoms. The Hall–Kier alpha value is -1.88. The van der Waals surface area contributed by atoms with Gasteiger partial charge in [-0.3, -0.25) is 4.79 Å². The molecule has 5 heteroatoms. The number of hydrogen-bond donors (Lipinski definition) is 2. The second-order valence-electron chi connectivity index (χ2n) is 4.24. The maximum Gasteiger partial charge on any atom is 0.306 e. The molecule has 20 heavy (non-hydrogen) atoms. The number of rotatable bonds is 5. The number of nitrogens with one attached hydrogen (secondary N) is 1. The van der Waals surface area contributed by atoms with E-state index >= 15 is 0 Å². The summed E-state index contributed by atoms with van der Waals surface area (Å²) in [6.45, 7) is 0. The van der Waals surface area contributed by atoms with Gasteiger partial charge >= 0.3 is 5.97 Å². The highest BCUT2D eigenvalue weighted by atomic mass is 32.2. The van der Waals surface area contributed by atoms with Crippen LogP contribution in [-0.4, -0.2) is 31.0 Å². The van der Waals surface area contributed by atoms with Gasteiger partial charge in [-0.05, 0) is 6.07 Å². The van der Waals surface area contributed by atoms with E-state index in [0.29, 0.717) is 12.2 Å². The third-order valence-electron chi connectivity index (χ3n) is 3.04. The van der Waals surface area contributed by atoms with E-state index in [1.54, 1.807) is 0 Å². The summed E-state index contributed by atoms with van der Waals surface area (Å²) in [6.07, 6.45) is 0.322. The lowest BCUT2D eigenvalue weighted by molar-refractivity contribution is -0.140. The van der Waals surface area contributed by atoms with Crippen LogP contribution in [0.1, 0.15) is 6.42 Å². The predicted octanol–water partition coefficient (Wildman–Crippen LogP) is 3.24. The second kappa shape index (κ2) is 6.52. The first-order valence-electron chi connectivity index (χ1n) is 6.29. The average Bonchev–Trinajstić information content (AvgIpc) is 2.49. The molecule has 0 aliphatic rings. The Bertz CT molecular complexity index is 628. The molecule has 2 aromatic carbocycles. The largest absolute Gasteiger partial charge is 0.506 e. The van der Waals surface area contributed by atoms with Gasteiger partial charge in [0.25, 0.3) is 0 Å². The van der Waals surface area contributed by atoms with Gasteiger partial charge in [0.15, 0.2) is 0 Å². The standard InChI is InChI=1S/C15H17NO3S/c1-16-12-9-13(20-8-7-14(17)19-2)15(18)11-6-4-3-5-10(11)12/h3-6,9,16,18H,7-8H2,1-2H3. The first-order valence-corrected chi connectivity index (χ1v) is 7.28. The first kappa shape index (κ1) is 14.5. The first-order chi connectivity index (χ1) is 9.67. The van der Waals surface area contributed by atoms with E-state index in [-0.39, 0.29) is 11.7 Å².